The van der Waals surface area contributed by atoms with Crippen molar-refractivity contribution in [2.24, 2.45) is 0 Å². The van der Waals surface area contributed by atoms with Crippen LogP contribution in [0.1, 0.15) is 15.9 Å². The van der Waals surface area contributed by atoms with Gasteiger partial charge in [0, 0.05) is 12.4 Å². The van der Waals surface area contributed by atoms with Crippen LogP contribution in [-0.2, 0) is 6.54 Å². The molecule has 0 atom stereocenters. The average molecular weight is 263 g/mol. The van der Waals surface area contributed by atoms with Crippen molar-refractivity contribution in [1.29, 1.82) is 0 Å². The van der Waals surface area contributed by atoms with Crippen molar-refractivity contribution >= 4 is 17.5 Å². The van der Waals surface area contributed by atoms with Crippen LogP contribution < -0.4 is 0 Å². The minimum Gasteiger partial charge on any atom is -0.285 e. The lowest BCUT2D eigenvalue weighted by molar-refractivity contribution is -0.0648. The summed E-state index contributed by atoms with van der Waals surface area (Å²) >= 11 is 5.90. The molecule has 0 saturated heterocycles. The molecule has 1 N–H and O–H groups in total. The summed E-state index contributed by atoms with van der Waals surface area (Å²) in [5.74, 6) is -0.530. The van der Waals surface area contributed by atoms with E-state index in [0.717, 1.165) is 5.56 Å². The zero-order valence-electron chi connectivity index (χ0n) is 9.45. The van der Waals surface area contributed by atoms with Crippen molar-refractivity contribution in [1.82, 2.24) is 10.0 Å². The van der Waals surface area contributed by atoms with Gasteiger partial charge in [-0.1, -0.05) is 23.7 Å². The Kier molecular flexibility index (Phi) is 3.92. The zero-order chi connectivity index (χ0) is 13.0. The van der Waals surface area contributed by atoms with Crippen molar-refractivity contribution in [2.45, 2.75) is 6.54 Å². The molecule has 0 aliphatic heterocycles. The molecule has 2 rings (SSSR count). The Hall–Kier alpha value is -1.91. The van der Waals surface area contributed by atoms with Gasteiger partial charge < -0.3 is 0 Å². The van der Waals surface area contributed by atoms with Crippen LogP contribution in [0.4, 0.5) is 0 Å². The topological polar surface area (TPSA) is 53.4 Å². The summed E-state index contributed by atoms with van der Waals surface area (Å²) in [5.41, 5.74) is 1.06. The lowest BCUT2D eigenvalue weighted by Crippen LogP contribution is -2.27. The Bertz CT molecular complexity index is 546. The molecule has 0 saturated carbocycles. The van der Waals surface area contributed by atoms with Gasteiger partial charge in [-0.25, -0.2) is 5.06 Å². The number of aromatic nitrogens is 1. The van der Waals surface area contributed by atoms with E-state index in [2.05, 4.69) is 4.98 Å². The first kappa shape index (κ1) is 12.5. The quantitative estimate of drug-likeness (QED) is 0.684. The van der Waals surface area contributed by atoms with E-state index in [9.17, 15) is 10.0 Å². The number of nitrogens with zero attached hydrogens (tertiary/aromatic N) is 2. The van der Waals surface area contributed by atoms with Gasteiger partial charge in [0.15, 0.2) is 0 Å². The molecule has 1 aromatic carbocycles. The Morgan fingerprint density at radius 1 is 1.22 bits per heavy atom. The van der Waals surface area contributed by atoms with E-state index in [1.165, 1.54) is 0 Å². The smallest absolute Gasteiger partial charge is 0.279 e. The fraction of sp³-hybridized carbons (Fsp3) is 0.0769. The number of amides is 1. The summed E-state index contributed by atoms with van der Waals surface area (Å²) in [4.78, 5) is 15.8. The van der Waals surface area contributed by atoms with Gasteiger partial charge >= 0.3 is 0 Å². The lowest BCUT2D eigenvalue weighted by Gasteiger charge is -2.15. The van der Waals surface area contributed by atoms with Gasteiger partial charge in [-0.3, -0.25) is 15.0 Å². The number of carbonyl (C=O) groups is 1. The monoisotopic (exact) mass is 262 g/mol. The molecule has 0 spiro atoms. The molecule has 0 bridgehead atoms. The molecule has 0 fully saturated rings. The van der Waals surface area contributed by atoms with Crippen molar-refractivity contribution in [3.8, 4) is 0 Å². The molecule has 0 radical (unpaired) electrons. The van der Waals surface area contributed by atoms with E-state index in [4.69, 9.17) is 11.6 Å². The maximum atomic E-state index is 11.9. The third-order valence-electron chi connectivity index (χ3n) is 2.42. The average Bonchev–Trinajstić information content (AvgIpc) is 2.39. The highest BCUT2D eigenvalue weighted by Gasteiger charge is 2.16. The molecule has 18 heavy (non-hydrogen) atoms. The first-order valence-electron chi connectivity index (χ1n) is 5.32. The molecule has 1 amide bonds. The van der Waals surface area contributed by atoms with Crippen LogP contribution in [0.15, 0.2) is 48.8 Å². The third kappa shape index (κ3) is 2.85. The zero-order valence-corrected chi connectivity index (χ0v) is 10.2. The van der Waals surface area contributed by atoms with Gasteiger partial charge in [0.25, 0.3) is 5.91 Å². The van der Waals surface area contributed by atoms with Crippen LogP contribution in [0.3, 0.4) is 0 Å². The number of carbonyl (C=O) groups excluding carboxylic acids is 1. The summed E-state index contributed by atoms with van der Waals surface area (Å²) in [6, 6.07) is 10.0. The highest BCUT2D eigenvalue weighted by Crippen LogP contribution is 2.17. The van der Waals surface area contributed by atoms with E-state index in [1.54, 1.807) is 48.8 Å². The first-order chi connectivity index (χ1) is 8.68. The van der Waals surface area contributed by atoms with E-state index in [-0.39, 0.29) is 12.1 Å². The summed E-state index contributed by atoms with van der Waals surface area (Å²) in [6.07, 6.45) is 3.20. The summed E-state index contributed by atoms with van der Waals surface area (Å²) in [5, 5.41) is 10.7. The number of hydrogen-bond donors (Lipinski definition) is 1. The van der Waals surface area contributed by atoms with Crippen LogP contribution in [0.5, 0.6) is 0 Å². The van der Waals surface area contributed by atoms with E-state index >= 15 is 0 Å². The fourth-order valence-corrected chi connectivity index (χ4v) is 1.72. The van der Waals surface area contributed by atoms with E-state index < -0.39 is 5.91 Å². The van der Waals surface area contributed by atoms with Gasteiger partial charge in [0.2, 0.25) is 0 Å². The van der Waals surface area contributed by atoms with Gasteiger partial charge in [0.05, 0.1) is 17.1 Å². The highest BCUT2D eigenvalue weighted by molar-refractivity contribution is 6.33. The van der Waals surface area contributed by atoms with Crippen molar-refractivity contribution < 1.29 is 10.0 Å². The maximum absolute atomic E-state index is 11.9. The van der Waals surface area contributed by atoms with Crippen molar-refractivity contribution in [3.63, 3.8) is 0 Å². The van der Waals surface area contributed by atoms with Crippen LogP contribution in [0.25, 0.3) is 0 Å². The van der Waals surface area contributed by atoms with E-state index in [1.807, 2.05) is 0 Å². The second kappa shape index (κ2) is 5.62. The fourth-order valence-electron chi connectivity index (χ4n) is 1.51. The number of hydrogen-bond acceptors (Lipinski definition) is 3. The molecular formula is C13H11ClN2O2. The van der Waals surface area contributed by atoms with Gasteiger partial charge in [-0.05, 0) is 29.8 Å². The Morgan fingerprint density at radius 2 is 1.89 bits per heavy atom. The standard InChI is InChI=1S/C13H11ClN2O2/c14-12-4-2-1-3-11(12)13(17)16(18)9-10-5-7-15-8-6-10/h1-8,18H,9H2. The normalized spacial score (nSPS) is 10.1. The molecule has 0 unspecified atom stereocenters. The molecule has 2 aromatic rings. The Balaban J connectivity index is 2.13. The molecule has 1 aromatic heterocycles. The molecular weight excluding hydrogens is 252 g/mol. The second-order valence-electron chi connectivity index (χ2n) is 3.70. The van der Waals surface area contributed by atoms with Gasteiger partial charge in [0.1, 0.15) is 0 Å². The minimum absolute atomic E-state index is 0.0899. The lowest BCUT2D eigenvalue weighted by atomic mass is 10.2. The number of hydroxylamine groups is 2. The number of pyridine rings is 1. The molecule has 1 heterocycles. The maximum Gasteiger partial charge on any atom is 0.279 e. The predicted molar refractivity (Wildman–Crippen MR) is 67.3 cm³/mol. The highest BCUT2D eigenvalue weighted by atomic mass is 35.5. The first-order valence-corrected chi connectivity index (χ1v) is 5.70. The van der Waals surface area contributed by atoms with E-state index in [0.29, 0.717) is 10.1 Å². The minimum atomic E-state index is -0.530. The summed E-state index contributed by atoms with van der Waals surface area (Å²) < 4.78 is 0. The van der Waals surface area contributed by atoms with Crippen LogP contribution in [0.2, 0.25) is 5.02 Å². The Morgan fingerprint density at radius 3 is 2.56 bits per heavy atom. The molecule has 4 nitrogen and oxygen atoms in total. The third-order valence-corrected chi connectivity index (χ3v) is 2.75. The summed E-state index contributed by atoms with van der Waals surface area (Å²) in [7, 11) is 0. The number of benzene rings is 1. The molecule has 92 valence electrons. The van der Waals surface area contributed by atoms with Crippen molar-refractivity contribution in [3.05, 3.63) is 64.9 Å². The Labute approximate surface area is 109 Å². The largest absolute Gasteiger partial charge is 0.285 e. The summed E-state index contributed by atoms with van der Waals surface area (Å²) in [6.45, 7) is 0.0899. The van der Waals surface area contributed by atoms with Gasteiger partial charge in [-0.15, -0.1) is 0 Å². The van der Waals surface area contributed by atoms with Crippen LogP contribution in [0, 0.1) is 0 Å². The predicted octanol–water partition coefficient (Wildman–Crippen LogP) is 2.77. The van der Waals surface area contributed by atoms with Crippen LogP contribution >= 0.6 is 11.6 Å². The SMILES string of the molecule is O=C(c1ccccc1Cl)N(O)Cc1ccncc1. The second-order valence-corrected chi connectivity index (χ2v) is 4.11. The van der Waals surface area contributed by atoms with Crippen LogP contribution in [-0.4, -0.2) is 21.2 Å². The molecule has 0 aliphatic carbocycles. The molecule has 0 aliphatic rings. The van der Waals surface area contributed by atoms with Gasteiger partial charge in [-0.2, -0.15) is 0 Å². The number of halogens is 1. The number of rotatable bonds is 3. The van der Waals surface area contributed by atoms with Crippen molar-refractivity contribution in [2.75, 3.05) is 0 Å². The molecule has 5 heteroatoms.